The number of pyridine rings is 1. The van der Waals surface area contributed by atoms with Gasteiger partial charge in [0.2, 0.25) is 0 Å². The summed E-state index contributed by atoms with van der Waals surface area (Å²) in [5.41, 5.74) is 2.07. The molecule has 1 aromatic heterocycles. The molecule has 0 aliphatic carbocycles. The fraction of sp³-hybridized carbons (Fsp3) is 0.200. The summed E-state index contributed by atoms with van der Waals surface area (Å²) in [6.45, 7) is 3.95. The van der Waals surface area contributed by atoms with Crippen LogP contribution in [0.1, 0.15) is 24.1 Å². The first-order chi connectivity index (χ1) is 9.54. The van der Waals surface area contributed by atoms with Gasteiger partial charge in [-0.15, -0.1) is 0 Å². The molecule has 1 aromatic carbocycles. The molecule has 0 unspecified atom stereocenters. The average molecular weight is 289 g/mol. The minimum Gasteiger partial charge on any atom is -0.356 e. The smallest absolute Gasteiger partial charge is 0.172 e. The van der Waals surface area contributed by atoms with Gasteiger partial charge in [0.15, 0.2) is 5.11 Å². The molecule has 3 nitrogen and oxygen atoms in total. The van der Waals surface area contributed by atoms with Crippen LogP contribution in [0.3, 0.4) is 0 Å². The van der Waals surface area contributed by atoms with E-state index in [9.17, 15) is 4.39 Å². The molecule has 0 fully saturated rings. The van der Waals surface area contributed by atoms with Crippen molar-refractivity contribution in [3.05, 3.63) is 59.5 Å². The van der Waals surface area contributed by atoms with Crippen LogP contribution in [0.5, 0.6) is 0 Å². The molecule has 20 heavy (non-hydrogen) atoms. The van der Waals surface area contributed by atoms with Crippen LogP contribution >= 0.6 is 12.2 Å². The largest absolute Gasteiger partial charge is 0.356 e. The maximum absolute atomic E-state index is 12.9. The lowest BCUT2D eigenvalue weighted by Gasteiger charge is -2.17. The van der Waals surface area contributed by atoms with Crippen LogP contribution in [-0.4, -0.2) is 10.1 Å². The molecule has 0 bridgehead atoms. The minimum absolute atomic E-state index is 0.0135. The van der Waals surface area contributed by atoms with E-state index in [0.717, 1.165) is 11.1 Å². The molecule has 0 radical (unpaired) electrons. The first-order valence-electron chi connectivity index (χ1n) is 6.30. The summed E-state index contributed by atoms with van der Waals surface area (Å²) >= 11 is 5.25. The standard InChI is InChI=1S/C15H16FN3S/c1-10-7-8-17-14(9-10)19-15(20)18-11(2)12-3-5-13(16)6-4-12/h3-9,11H,1-2H3,(H2,17,18,19,20)/t11-/m1/s1. The van der Waals surface area contributed by atoms with Gasteiger partial charge in [-0.2, -0.15) is 0 Å². The first kappa shape index (κ1) is 14.4. The normalized spacial score (nSPS) is 11.8. The number of hydrogen-bond acceptors (Lipinski definition) is 2. The monoisotopic (exact) mass is 289 g/mol. The van der Waals surface area contributed by atoms with Crippen molar-refractivity contribution in [3.63, 3.8) is 0 Å². The zero-order valence-electron chi connectivity index (χ0n) is 11.4. The van der Waals surface area contributed by atoms with E-state index in [1.165, 1.54) is 12.1 Å². The van der Waals surface area contributed by atoms with Gasteiger partial charge in [-0.3, -0.25) is 0 Å². The molecule has 104 valence electrons. The van der Waals surface area contributed by atoms with E-state index in [2.05, 4.69) is 15.6 Å². The quantitative estimate of drug-likeness (QED) is 0.847. The Bertz CT molecular complexity index is 598. The second-order valence-electron chi connectivity index (χ2n) is 4.59. The van der Waals surface area contributed by atoms with Crippen LogP contribution in [0.4, 0.5) is 10.2 Å². The van der Waals surface area contributed by atoms with Crippen molar-refractivity contribution in [2.24, 2.45) is 0 Å². The molecule has 0 saturated carbocycles. The van der Waals surface area contributed by atoms with Crippen molar-refractivity contribution in [1.29, 1.82) is 0 Å². The van der Waals surface area contributed by atoms with E-state index in [1.807, 2.05) is 26.0 Å². The van der Waals surface area contributed by atoms with Gasteiger partial charge < -0.3 is 10.6 Å². The van der Waals surface area contributed by atoms with Gasteiger partial charge in [0, 0.05) is 6.20 Å². The summed E-state index contributed by atoms with van der Waals surface area (Å²) < 4.78 is 12.9. The van der Waals surface area contributed by atoms with Crippen molar-refractivity contribution in [3.8, 4) is 0 Å². The van der Waals surface area contributed by atoms with Crippen LogP contribution in [0.2, 0.25) is 0 Å². The summed E-state index contributed by atoms with van der Waals surface area (Å²) in [5.74, 6) is 0.458. The minimum atomic E-state index is -0.245. The van der Waals surface area contributed by atoms with Gasteiger partial charge in [0.1, 0.15) is 11.6 Å². The Morgan fingerprint density at radius 1 is 1.25 bits per heavy atom. The second-order valence-corrected chi connectivity index (χ2v) is 5.00. The van der Waals surface area contributed by atoms with E-state index in [1.54, 1.807) is 18.3 Å². The number of rotatable bonds is 3. The maximum Gasteiger partial charge on any atom is 0.172 e. The summed E-state index contributed by atoms with van der Waals surface area (Å²) in [7, 11) is 0. The number of aromatic nitrogens is 1. The number of nitrogens with zero attached hydrogens (tertiary/aromatic N) is 1. The van der Waals surface area contributed by atoms with Gasteiger partial charge in [0.05, 0.1) is 6.04 Å². The fourth-order valence-corrected chi connectivity index (χ4v) is 2.07. The summed E-state index contributed by atoms with van der Waals surface area (Å²) in [5, 5.41) is 6.66. The van der Waals surface area contributed by atoms with Gasteiger partial charge >= 0.3 is 0 Å². The number of halogens is 1. The van der Waals surface area contributed by atoms with E-state index in [-0.39, 0.29) is 11.9 Å². The number of anilines is 1. The zero-order chi connectivity index (χ0) is 14.5. The molecule has 1 heterocycles. The lowest BCUT2D eigenvalue weighted by molar-refractivity contribution is 0.624. The number of nitrogens with one attached hydrogen (secondary N) is 2. The molecule has 0 saturated heterocycles. The molecule has 0 aliphatic heterocycles. The zero-order valence-corrected chi connectivity index (χ0v) is 12.2. The predicted molar refractivity (Wildman–Crippen MR) is 83.1 cm³/mol. The van der Waals surface area contributed by atoms with Gasteiger partial charge in [-0.25, -0.2) is 9.37 Å². The summed E-state index contributed by atoms with van der Waals surface area (Å²) in [4.78, 5) is 4.18. The third kappa shape index (κ3) is 3.99. The van der Waals surface area contributed by atoms with Crippen molar-refractivity contribution >= 4 is 23.1 Å². The number of aryl methyl sites for hydroxylation is 1. The molecule has 5 heteroatoms. The topological polar surface area (TPSA) is 37.0 Å². The predicted octanol–water partition coefficient (Wildman–Crippen LogP) is 3.58. The van der Waals surface area contributed by atoms with Gasteiger partial charge in [-0.05, 0) is 61.5 Å². The Hall–Kier alpha value is -2.01. The number of hydrogen-bond donors (Lipinski definition) is 2. The Morgan fingerprint density at radius 3 is 2.60 bits per heavy atom. The van der Waals surface area contributed by atoms with Crippen molar-refractivity contribution in [2.75, 3.05) is 5.32 Å². The Labute approximate surface area is 123 Å². The maximum atomic E-state index is 12.9. The van der Waals surface area contributed by atoms with E-state index in [0.29, 0.717) is 10.9 Å². The molecule has 1 atom stereocenters. The van der Waals surface area contributed by atoms with Gasteiger partial charge in [0.25, 0.3) is 0 Å². The number of thiocarbonyl (C=S) groups is 1. The van der Waals surface area contributed by atoms with Crippen molar-refractivity contribution < 1.29 is 4.39 Å². The fourth-order valence-electron chi connectivity index (χ4n) is 1.79. The van der Waals surface area contributed by atoms with E-state index in [4.69, 9.17) is 12.2 Å². The lowest BCUT2D eigenvalue weighted by Crippen LogP contribution is -2.31. The third-order valence-electron chi connectivity index (χ3n) is 2.87. The van der Waals surface area contributed by atoms with E-state index >= 15 is 0 Å². The molecular weight excluding hydrogens is 273 g/mol. The molecule has 2 N–H and O–H groups in total. The first-order valence-corrected chi connectivity index (χ1v) is 6.71. The van der Waals surface area contributed by atoms with Crippen molar-refractivity contribution in [1.82, 2.24) is 10.3 Å². The Balaban J connectivity index is 1.95. The molecule has 2 rings (SSSR count). The van der Waals surface area contributed by atoms with Crippen molar-refractivity contribution in [2.45, 2.75) is 19.9 Å². The van der Waals surface area contributed by atoms with Gasteiger partial charge in [-0.1, -0.05) is 12.1 Å². The highest BCUT2D eigenvalue weighted by atomic mass is 32.1. The van der Waals surface area contributed by atoms with Crippen LogP contribution < -0.4 is 10.6 Å². The SMILES string of the molecule is Cc1ccnc(NC(=S)N[C@H](C)c2ccc(F)cc2)c1. The van der Waals surface area contributed by atoms with Crippen LogP contribution in [0.15, 0.2) is 42.6 Å². The van der Waals surface area contributed by atoms with Crippen LogP contribution in [-0.2, 0) is 0 Å². The Morgan fingerprint density at radius 2 is 1.95 bits per heavy atom. The highest BCUT2D eigenvalue weighted by Crippen LogP contribution is 2.13. The molecule has 0 spiro atoms. The number of benzene rings is 1. The second kappa shape index (κ2) is 6.43. The van der Waals surface area contributed by atoms with Crippen LogP contribution in [0, 0.1) is 12.7 Å². The molecule has 0 amide bonds. The highest BCUT2D eigenvalue weighted by Gasteiger charge is 2.07. The molecule has 0 aliphatic rings. The summed E-state index contributed by atoms with van der Waals surface area (Å²) in [6.07, 6.45) is 1.73. The van der Waals surface area contributed by atoms with E-state index < -0.39 is 0 Å². The Kier molecular flexibility index (Phi) is 4.63. The average Bonchev–Trinajstić information content (AvgIpc) is 2.39. The third-order valence-corrected chi connectivity index (χ3v) is 3.09. The van der Waals surface area contributed by atoms with Crippen LogP contribution in [0.25, 0.3) is 0 Å². The molecule has 2 aromatic rings. The highest BCUT2D eigenvalue weighted by molar-refractivity contribution is 7.80. The lowest BCUT2D eigenvalue weighted by atomic mass is 10.1. The molecular formula is C15H16FN3S. The summed E-state index contributed by atoms with van der Waals surface area (Å²) in [6, 6.07) is 10.2.